The Balaban J connectivity index is 2.04. The first-order valence-electron chi connectivity index (χ1n) is 8.03. The number of nitro benzene ring substituents is 1. The number of nitro groups is 1. The molecule has 2 rings (SSSR count). The number of anilines is 2. The minimum atomic E-state index is -3.14. The first-order valence-corrected chi connectivity index (χ1v) is 9.85. The van der Waals surface area contributed by atoms with Gasteiger partial charge in [0, 0.05) is 18.7 Å². The first-order chi connectivity index (χ1) is 12.1. The summed E-state index contributed by atoms with van der Waals surface area (Å²) in [6.45, 7) is 1.63. The van der Waals surface area contributed by atoms with Gasteiger partial charge in [0.2, 0.25) is 5.91 Å². The average Bonchev–Trinajstić information content (AvgIpc) is 2.84. The fourth-order valence-electron chi connectivity index (χ4n) is 2.80. The Labute approximate surface area is 151 Å². The summed E-state index contributed by atoms with van der Waals surface area (Å²) in [5.41, 5.74) is -0.103. The van der Waals surface area contributed by atoms with Gasteiger partial charge in [0.05, 0.1) is 46.5 Å². The quantitative estimate of drug-likeness (QED) is 0.363. The van der Waals surface area contributed by atoms with Gasteiger partial charge in [0.1, 0.15) is 0 Å². The summed E-state index contributed by atoms with van der Waals surface area (Å²) in [6, 6.07) is 4.09. The van der Waals surface area contributed by atoms with Crippen LogP contribution in [-0.2, 0) is 14.6 Å². The Morgan fingerprint density at radius 2 is 2.08 bits per heavy atom. The summed E-state index contributed by atoms with van der Waals surface area (Å²) in [5, 5.41) is 28.3. The summed E-state index contributed by atoms with van der Waals surface area (Å²) in [5.74, 6) is -0.479. The first kappa shape index (κ1) is 19.9. The number of carbonyl (C=O) groups excluding carboxylic acids is 1. The number of sulfone groups is 1. The molecule has 0 radical (unpaired) electrons. The second-order valence-corrected chi connectivity index (χ2v) is 8.63. The molecular weight excluding hydrogens is 364 g/mol. The molecule has 10 nitrogen and oxygen atoms in total. The van der Waals surface area contributed by atoms with E-state index in [0.717, 1.165) is 0 Å². The molecule has 0 aliphatic carbocycles. The van der Waals surface area contributed by atoms with Crippen LogP contribution in [0.5, 0.6) is 0 Å². The number of carbonyl (C=O) groups is 1. The number of non-ortho nitro benzene ring substituents is 1. The van der Waals surface area contributed by atoms with Crippen LogP contribution in [0, 0.1) is 10.1 Å². The fraction of sp³-hybridized carbons (Fsp3) is 0.533. The number of aliphatic hydroxyl groups excluding tert-OH is 1. The summed E-state index contributed by atoms with van der Waals surface area (Å²) >= 11 is 0. The van der Waals surface area contributed by atoms with Crippen molar-refractivity contribution in [3.63, 3.8) is 0 Å². The van der Waals surface area contributed by atoms with Crippen molar-refractivity contribution in [1.29, 1.82) is 0 Å². The molecule has 0 saturated carbocycles. The van der Waals surface area contributed by atoms with Crippen LogP contribution in [0.1, 0.15) is 13.3 Å². The molecule has 4 N–H and O–H groups in total. The molecule has 1 atom stereocenters. The van der Waals surface area contributed by atoms with E-state index in [9.17, 15) is 23.3 Å². The molecule has 1 saturated heterocycles. The molecule has 0 bridgehead atoms. The van der Waals surface area contributed by atoms with Gasteiger partial charge in [-0.05, 0) is 19.4 Å². The lowest BCUT2D eigenvalue weighted by Gasteiger charge is -2.24. The number of nitrogens with one attached hydrogen (secondary N) is 3. The number of benzene rings is 1. The van der Waals surface area contributed by atoms with Gasteiger partial charge in [0.25, 0.3) is 5.69 Å². The maximum atomic E-state index is 12.2. The highest BCUT2D eigenvalue weighted by Crippen LogP contribution is 2.27. The van der Waals surface area contributed by atoms with E-state index >= 15 is 0 Å². The number of hydrogen-bond acceptors (Lipinski definition) is 8. The zero-order valence-corrected chi connectivity index (χ0v) is 15.1. The molecule has 26 heavy (non-hydrogen) atoms. The van der Waals surface area contributed by atoms with Crippen molar-refractivity contribution in [2.75, 3.05) is 41.8 Å². The second kappa shape index (κ2) is 7.87. The molecule has 1 aliphatic heterocycles. The molecular formula is C15H22N4O6S. The number of rotatable bonds is 8. The highest BCUT2D eigenvalue weighted by Gasteiger charge is 2.39. The van der Waals surface area contributed by atoms with Crippen molar-refractivity contribution in [3.05, 3.63) is 28.3 Å². The Morgan fingerprint density at radius 3 is 2.65 bits per heavy atom. The minimum Gasteiger partial charge on any atom is -0.395 e. The van der Waals surface area contributed by atoms with Crippen molar-refractivity contribution in [3.8, 4) is 0 Å². The van der Waals surface area contributed by atoms with Crippen LogP contribution in [0.2, 0.25) is 0 Å². The third-order valence-electron chi connectivity index (χ3n) is 4.03. The zero-order valence-electron chi connectivity index (χ0n) is 14.3. The van der Waals surface area contributed by atoms with Crippen LogP contribution >= 0.6 is 0 Å². The molecule has 0 aromatic heterocycles. The van der Waals surface area contributed by atoms with Crippen LogP contribution < -0.4 is 16.0 Å². The van der Waals surface area contributed by atoms with Crippen molar-refractivity contribution in [2.45, 2.75) is 18.9 Å². The van der Waals surface area contributed by atoms with E-state index in [2.05, 4.69) is 16.0 Å². The van der Waals surface area contributed by atoms with Crippen LogP contribution in [0.3, 0.4) is 0 Å². The maximum Gasteiger partial charge on any atom is 0.271 e. The lowest BCUT2D eigenvalue weighted by molar-refractivity contribution is -0.384. The van der Waals surface area contributed by atoms with Crippen molar-refractivity contribution in [1.82, 2.24) is 5.32 Å². The van der Waals surface area contributed by atoms with E-state index in [-0.39, 0.29) is 36.9 Å². The Kier molecular flexibility index (Phi) is 6.03. The number of nitrogens with zero attached hydrogens (tertiary/aromatic N) is 1. The van der Waals surface area contributed by atoms with E-state index in [1.807, 2.05) is 0 Å². The Bertz CT molecular complexity index is 797. The fourth-order valence-corrected chi connectivity index (χ4v) is 4.90. The summed E-state index contributed by atoms with van der Waals surface area (Å²) < 4.78 is 23.2. The van der Waals surface area contributed by atoms with E-state index in [1.165, 1.54) is 18.2 Å². The van der Waals surface area contributed by atoms with Crippen molar-refractivity contribution in [2.24, 2.45) is 0 Å². The monoisotopic (exact) mass is 386 g/mol. The molecule has 1 aromatic rings. The van der Waals surface area contributed by atoms with E-state index < -0.39 is 26.2 Å². The lowest BCUT2D eigenvalue weighted by atomic mass is 10.0. The predicted octanol–water partition coefficient (Wildman–Crippen LogP) is 0.104. The molecule has 1 heterocycles. The highest BCUT2D eigenvalue weighted by atomic mass is 32.2. The third kappa shape index (κ3) is 5.30. The summed E-state index contributed by atoms with van der Waals surface area (Å²) in [7, 11) is -3.14. The third-order valence-corrected chi connectivity index (χ3v) is 5.93. The zero-order chi connectivity index (χ0) is 19.4. The topological polar surface area (TPSA) is 151 Å². The molecule has 1 fully saturated rings. The normalized spacial score (nSPS) is 21.2. The van der Waals surface area contributed by atoms with Gasteiger partial charge in [-0.15, -0.1) is 0 Å². The standard InChI is InChI=1S/C15H22N4O6S/c1-15(4-7-26(24,25)10-15)18-14(21)9-17-13-8-11(19(22)23)2-3-12(13)16-5-6-20/h2-3,8,16-17,20H,4-7,9-10H2,1H3,(H,18,21). The molecule has 1 aromatic carbocycles. The van der Waals surface area contributed by atoms with Gasteiger partial charge in [-0.2, -0.15) is 0 Å². The summed E-state index contributed by atoms with van der Waals surface area (Å²) in [4.78, 5) is 22.6. The van der Waals surface area contributed by atoms with Gasteiger partial charge in [-0.3, -0.25) is 14.9 Å². The second-order valence-electron chi connectivity index (χ2n) is 6.44. The van der Waals surface area contributed by atoms with Crippen LogP contribution in [0.25, 0.3) is 0 Å². The Hall–Kier alpha value is -2.40. The largest absolute Gasteiger partial charge is 0.395 e. The molecule has 11 heteroatoms. The van der Waals surface area contributed by atoms with Crippen LogP contribution in [0.15, 0.2) is 18.2 Å². The highest BCUT2D eigenvalue weighted by molar-refractivity contribution is 7.91. The maximum absolute atomic E-state index is 12.2. The van der Waals surface area contributed by atoms with Crippen molar-refractivity contribution >= 4 is 32.8 Å². The number of hydrogen-bond donors (Lipinski definition) is 4. The van der Waals surface area contributed by atoms with Gasteiger partial charge in [-0.1, -0.05) is 0 Å². The van der Waals surface area contributed by atoms with Gasteiger partial charge < -0.3 is 21.1 Å². The molecule has 0 spiro atoms. The van der Waals surface area contributed by atoms with Gasteiger partial charge >= 0.3 is 0 Å². The summed E-state index contributed by atoms with van der Waals surface area (Å²) in [6.07, 6.45) is 0.348. The van der Waals surface area contributed by atoms with E-state index in [1.54, 1.807) is 6.92 Å². The predicted molar refractivity (Wildman–Crippen MR) is 97.0 cm³/mol. The number of amides is 1. The number of aliphatic hydroxyl groups is 1. The average molecular weight is 386 g/mol. The van der Waals surface area contributed by atoms with E-state index in [0.29, 0.717) is 17.8 Å². The van der Waals surface area contributed by atoms with Crippen LogP contribution in [-0.4, -0.2) is 61.1 Å². The van der Waals surface area contributed by atoms with E-state index in [4.69, 9.17) is 5.11 Å². The van der Waals surface area contributed by atoms with Crippen molar-refractivity contribution < 1.29 is 23.2 Å². The molecule has 1 amide bonds. The van der Waals surface area contributed by atoms with Crippen LogP contribution in [0.4, 0.5) is 17.1 Å². The molecule has 1 unspecified atom stereocenters. The lowest BCUT2D eigenvalue weighted by Crippen LogP contribution is -2.48. The molecule has 144 valence electrons. The van der Waals surface area contributed by atoms with Gasteiger partial charge in [0.15, 0.2) is 9.84 Å². The Morgan fingerprint density at radius 1 is 1.35 bits per heavy atom. The molecule has 1 aliphatic rings. The van der Waals surface area contributed by atoms with Gasteiger partial charge in [-0.25, -0.2) is 8.42 Å². The minimum absolute atomic E-state index is 0.0390. The SMILES string of the molecule is CC1(NC(=O)CNc2cc([N+](=O)[O-])ccc2NCCO)CCS(=O)(=O)C1. The smallest absolute Gasteiger partial charge is 0.271 e.